The average Bonchev–Trinajstić information content (AvgIpc) is 3.17. The summed E-state index contributed by atoms with van der Waals surface area (Å²) in [6, 6.07) is 16.6. The summed E-state index contributed by atoms with van der Waals surface area (Å²) in [7, 11) is 0. The Morgan fingerprint density at radius 3 is 2.30 bits per heavy atom. The molecule has 0 radical (unpaired) electrons. The number of nitrogens with zero attached hydrogens (tertiary/aromatic N) is 3. The molecular weight excluding hydrogens is 423 g/mol. The molecule has 0 spiro atoms. The zero-order chi connectivity index (χ0) is 23.6. The summed E-state index contributed by atoms with van der Waals surface area (Å²) in [6.45, 7) is 8.66. The number of nitrogens with one attached hydrogen (secondary N) is 1. The van der Waals surface area contributed by atoms with E-state index in [1.165, 1.54) is 29.0 Å². The van der Waals surface area contributed by atoms with Gasteiger partial charge in [-0.1, -0.05) is 44.2 Å². The maximum Gasteiger partial charge on any atom is 0.366 e. The van der Waals surface area contributed by atoms with Crippen LogP contribution < -0.4 is 15.7 Å². The number of hydrogen-bond acceptors (Lipinski definition) is 6. The second kappa shape index (κ2) is 11.7. The Morgan fingerprint density at radius 2 is 1.70 bits per heavy atom. The number of rotatable bonds is 7. The first-order valence-electron chi connectivity index (χ1n) is 10.8. The smallest absolute Gasteiger partial charge is 0.366 e. The van der Waals surface area contributed by atoms with Crippen molar-refractivity contribution in [2.24, 2.45) is 0 Å². The number of aromatic nitrogens is 3. The highest BCUT2D eigenvalue weighted by atomic mass is 19.1. The number of benzene rings is 2. The van der Waals surface area contributed by atoms with Crippen LogP contribution in [0.5, 0.6) is 11.8 Å². The van der Waals surface area contributed by atoms with Crippen LogP contribution in [-0.2, 0) is 6.54 Å². The average molecular weight is 451 g/mol. The van der Waals surface area contributed by atoms with Crippen molar-refractivity contribution in [2.45, 2.75) is 27.3 Å². The van der Waals surface area contributed by atoms with E-state index in [0.29, 0.717) is 34.8 Å². The predicted molar refractivity (Wildman–Crippen MR) is 126 cm³/mol. The summed E-state index contributed by atoms with van der Waals surface area (Å²) in [5.74, 6) is 0.212. The summed E-state index contributed by atoms with van der Waals surface area (Å²) in [5, 5.41) is 3.11. The minimum Gasteiger partial charge on any atom is -0.424 e. The van der Waals surface area contributed by atoms with E-state index in [9.17, 15) is 9.18 Å². The highest BCUT2D eigenvalue weighted by molar-refractivity contribution is 5.78. The van der Waals surface area contributed by atoms with Crippen molar-refractivity contribution < 1.29 is 13.7 Å². The quantitative estimate of drug-likeness (QED) is 0.420. The molecule has 0 saturated carbocycles. The van der Waals surface area contributed by atoms with Gasteiger partial charge in [-0.15, -0.1) is 0 Å². The van der Waals surface area contributed by atoms with Gasteiger partial charge in [-0.25, -0.2) is 18.9 Å². The normalized spacial score (nSPS) is 10.4. The second-order valence-electron chi connectivity index (χ2n) is 6.90. The molecule has 0 saturated heterocycles. The molecule has 0 unspecified atom stereocenters. The topological polar surface area (TPSA) is 82.2 Å². The first-order chi connectivity index (χ1) is 16.1. The lowest BCUT2D eigenvalue weighted by Gasteiger charge is -2.08. The SMILES string of the molecule is CCNCC.CCn1oc(=O)c(-c2ccc(F)cc2)c1-c1ccnc(Oc2ccccc2)n1. The van der Waals surface area contributed by atoms with Gasteiger partial charge in [-0.2, -0.15) is 4.98 Å². The Bertz CT molecular complexity index is 1200. The summed E-state index contributed by atoms with van der Waals surface area (Å²) in [6.07, 6.45) is 1.55. The third kappa shape index (κ3) is 6.14. The first kappa shape index (κ1) is 23.9. The van der Waals surface area contributed by atoms with Gasteiger partial charge in [0.1, 0.15) is 17.3 Å². The van der Waals surface area contributed by atoms with Crippen molar-refractivity contribution in [3.05, 3.63) is 83.1 Å². The Balaban J connectivity index is 0.000000555. The van der Waals surface area contributed by atoms with Crippen molar-refractivity contribution >= 4 is 0 Å². The van der Waals surface area contributed by atoms with Gasteiger partial charge in [0.15, 0.2) is 0 Å². The fraction of sp³-hybridized carbons (Fsp3) is 0.240. The van der Waals surface area contributed by atoms with Gasteiger partial charge in [0.2, 0.25) is 0 Å². The molecule has 33 heavy (non-hydrogen) atoms. The number of hydrogen-bond donors (Lipinski definition) is 1. The Labute approximate surface area is 191 Å². The van der Waals surface area contributed by atoms with Gasteiger partial charge in [0.25, 0.3) is 0 Å². The summed E-state index contributed by atoms with van der Waals surface area (Å²) >= 11 is 0. The lowest BCUT2D eigenvalue weighted by atomic mass is 10.0. The van der Waals surface area contributed by atoms with E-state index in [1.807, 2.05) is 25.1 Å². The van der Waals surface area contributed by atoms with Gasteiger partial charge in [-0.05, 0) is 55.9 Å². The van der Waals surface area contributed by atoms with Crippen LogP contribution in [0.25, 0.3) is 22.5 Å². The monoisotopic (exact) mass is 450 g/mol. The van der Waals surface area contributed by atoms with Crippen LogP contribution in [-0.4, -0.2) is 27.8 Å². The van der Waals surface area contributed by atoms with Crippen LogP contribution in [0.15, 0.2) is 76.2 Å². The summed E-state index contributed by atoms with van der Waals surface area (Å²) in [4.78, 5) is 21.1. The Hall–Kier alpha value is -3.78. The van der Waals surface area contributed by atoms with Crippen molar-refractivity contribution in [3.63, 3.8) is 0 Å². The number of halogens is 1. The van der Waals surface area contributed by atoms with Crippen molar-refractivity contribution in [1.82, 2.24) is 20.0 Å². The highest BCUT2D eigenvalue weighted by Crippen LogP contribution is 2.30. The molecule has 2 aromatic heterocycles. The van der Waals surface area contributed by atoms with E-state index in [2.05, 4.69) is 29.1 Å². The fourth-order valence-electron chi connectivity index (χ4n) is 3.13. The van der Waals surface area contributed by atoms with Crippen LogP contribution in [0.3, 0.4) is 0 Å². The molecule has 0 fully saturated rings. The lowest BCUT2D eigenvalue weighted by Crippen LogP contribution is -2.09. The Kier molecular flexibility index (Phi) is 8.49. The molecule has 4 rings (SSSR count). The predicted octanol–water partition coefficient (Wildman–Crippen LogP) is 5.13. The summed E-state index contributed by atoms with van der Waals surface area (Å²) < 4.78 is 25.8. The van der Waals surface area contributed by atoms with Crippen molar-refractivity contribution in [1.29, 1.82) is 0 Å². The molecule has 0 bridgehead atoms. The second-order valence-corrected chi connectivity index (χ2v) is 6.90. The van der Waals surface area contributed by atoms with Crippen molar-refractivity contribution in [3.8, 4) is 34.3 Å². The molecular formula is C25H27FN4O3. The van der Waals surface area contributed by atoms with E-state index in [0.717, 1.165) is 13.1 Å². The van der Waals surface area contributed by atoms with Gasteiger partial charge < -0.3 is 14.6 Å². The van der Waals surface area contributed by atoms with E-state index < -0.39 is 5.63 Å². The molecule has 0 aliphatic heterocycles. The molecule has 0 atom stereocenters. The van der Waals surface area contributed by atoms with Crippen LogP contribution in [0.1, 0.15) is 20.8 Å². The van der Waals surface area contributed by atoms with Crippen LogP contribution in [0.4, 0.5) is 4.39 Å². The zero-order valence-corrected chi connectivity index (χ0v) is 18.9. The third-order valence-corrected chi connectivity index (χ3v) is 4.63. The molecule has 8 heteroatoms. The minimum absolute atomic E-state index is 0.144. The van der Waals surface area contributed by atoms with Crippen LogP contribution in [0.2, 0.25) is 0 Å². The number of para-hydroxylation sites is 1. The number of aryl methyl sites for hydroxylation is 1. The van der Waals surface area contributed by atoms with Gasteiger partial charge in [0, 0.05) is 6.20 Å². The molecule has 0 aliphatic rings. The van der Waals surface area contributed by atoms with Crippen LogP contribution >= 0.6 is 0 Å². The van der Waals surface area contributed by atoms with Crippen LogP contribution in [0, 0.1) is 5.82 Å². The molecule has 172 valence electrons. The highest BCUT2D eigenvalue weighted by Gasteiger charge is 2.22. The van der Waals surface area contributed by atoms with E-state index in [1.54, 1.807) is 24.4 Å². The van der Waals surface area contributed by atoms with E-state index in [-0.39, 0.29) is 11.8 Å². The Morgan fingerprint density at radius 1 is 1.00 bits per heavy atom. The van der Waals surface area contributed by atoms with Crippen molar-refractivity contribution in [2.75, 3.05) is 13.1 Å². The molecule has 0 amide bonds. The van der Waals surface area contributed by atoms with Gasteiger partial charge >= 0.3 is 11.6 Å². The van der Waals surface area contributed by atoms with Gasteiger partial charge in [0.05, 0.1) is 17.8 Å². The van der Waals surface area contributed by atoms with E-state index in [4.69, 9.17) is 9.26 Å². The first-order valence-corrected chi connectivity index (χ1v) is 10.8. The fourth-order valence-corrected chi connectivity index (χ4v) is 3.13. The minimum atomic E-state index is -0.521. The molecule has 4 aromatic rings. The standard InChI is InChI=1S/C21H16FN3O3.C4H11N/c1-2-25-19(18(20(26)28-25)14-8-10-15(22)11-9-14)17-12-13-23-21(24-17)27-16-6-4-3-5-7-16;1-3-5-4-2/h3-13H,2H2,1H3;5H,3-4H2,1-2H3. The lowest BCUT2D eigenvalue weighted by molar-refractivity contribution is 0.263. The zero-order valence-electron chi connectivity index (χ0n) is 18.9. The number of ether oxygens (including phenoxy) is 1. The molecule has 1 N–H and O–H groups in total. The molecule has 7 nitrogen and oxygen atoms in total. The van der Waals surface area contributed by atoms with Gasteiger partial charge in [-0.3, -0.25) is 0 Å². The third-order valence-electron chi connectivity index (χ3n) is 4.63. The largest absolute Gasteiger partial charge is 0.424 e. The molecule has 0 aliphatic carbocycles. The molecule has 2 aromatic carbocycles. The summed E-state index contributed by atoms with van der Waals surface area (Å²) in [5.41, 5.74) is 1.28. The maximum absolute atomic E-state index is 13.3. The maximum atomic E-state index is 13.3. The van der Waals surface area contributed by atoms with E-state index >= 15 is 0 Å². The molecule has 2 heterocycles.